The van der Waals surface area contributed by atoms with Crippen molar-refractivity contribution in [3.8, 4) is 0 Å². The van der Waals surface area contributed by atoms with Crippen molar-refractivity contribution in [2.24, 2.45) is 0 Å². The minimum atomic E-state index is -0.279. The minimum absolute atomic E-state index is 0.194. The summed E-state index contributed by atoms with van der Waals surface area (Å²) in [7, 11) is 2.12. The third-order valence-electron chi connectivity index (χ3n) is 6.44. The Morgan fingerprint density at radius 2 is 1.71 bits per heavy atom. The first kappa shape index (κ1) is 22.1. The fraction of sp³-hybridized carbons (Fsp3) is 0.259. The highest BCUT2D eigenvalue weighted by molar-refractivity contribution is 5.98. The maximum atomic E-state index is 14.4. The van der Waals surface area contributed by atoms with Gasteiger partial charge in [-0.1, -0.05) is 42.5 Å². The Balaban J connectivity index is 1.39. The number of benzene rings is 2. The van der Waals surface area contributed by atoms with Crippen LogP contribution in [0.3, 0.4) is 0 Å². The zero-order valence-electron chi connectivity index (χ0n) is 19.2. The number of amides is 1. The van der Waals surface area contributed by atoms with Crippen LogP contribution in [0.2, 0.25) is 0 Å². The van der Waals surface area contributed by atoms with Crippen molar-refractivity contribution in [1.82, 2.24) is 19.8 Å². The monoisotopic (exact) mass is 457 g/mol. The molecule has 174 valence electrons. The van der Waals surface area contributed by atoms with E-state index in [1.165, 1.54) is 6.07 Å². The molecule has 1 aliphatic rings. The highest BCUT2D eigenvalue weighted by atomic mass is 19.1. The van der Waals surface area contributed by atoms with E-state index >= 15 is 0 Å². The quantitative estimate of drug-likeness (QED) is 0.477. The van der Waals surface area contributed by atoms with Crippen LogP contribution in [-0.2, 0) is 13.1 Å². The summed E-state index contributed by atoms with van der Waals surface area (Å²) >= 11 is 0. The van der Waals surface area contributed by atoms with Gasteiger partial charge in [0.05, 0.1) is 6.54 Å². The largest absolute Gasteiger partial charge is 0.354 e. The Kier molecular flexibility index (Phi) is 6.27. The Hall–Kier alpha value is -3.71. The minimum Gasteiger partial charge on any atom is -0.354 e. The first-order valence-corrected chi connectivity index (χ1v) is 11.6. The number of carbonyl (C=O) groups is 1. The van der Waals surface area contributed by atoms with Gasteiger partial charge in [-0.25, -0.2) is 9.37 Å². The molecule has 1 N–H and O–H groups in total. The molecule has 1 saturated heterocycles. The zero-order chi connectivity index (χ0) is 23.5. The molecule has 2 aromatic carbocycles. The number of likely N-dealkylation sites (N-methyl/N-ethyl adjacent to an activating group) is 1. The number of aromatic nitrogens is 2. The summed E-state index contributed by atoms with van der Waals surface area (Å²) in [5, 5.41) is 4.02. The average Bonchev–Trinajstić information content (AvgIpc) is 3.23. The number of nitrogens with one attached hydrogen (secondary N) is 1. The van der Waals surface area contributed by atoms with E-state index < -0.39 is 0 Å². The smallest absolute Gasteiger partial charge is 0.268 e. The molecule has 1 fully saturated rings. The number of hydrogen-bond acceptors (Lipinski definition) is 4. The van der Waals surface area contributed by atoms with Crippen LogP contribution in [0.1, 0.15) is 21.6 Å². The highest BCUT2D eigenvalue weighted by Gasteiger charge is 2.20. The number of para-hydroxylation sites is 1. The summed E-state index contributed by atoms with van der Waals surface area (Å²) in [5.41, 5.74) is 2.93. The van der Waals surface area contributed by atoms with Crippen molar-refractivity contribution < 1.29 is 9.18 Å². The number of anilines is 1. The third-order valence-corrected chi connectivity index (χ3v) is 6.44. The van der Waals surface area contributed by atoms with Gasteiger partial charge in [-0.15, -0.1) is 0 Å². The number of nitrogens with zero attached hydrogens (tertiary/aromatic N) is 4. The van der Waals surface area contributed by atoms with Crippen molar-refractivity contribution in [1.29, 1.82) is 0 Å². The summed E-state index contributed by atoms with van der Waals surface area (Å²) in [5.74, 6) is 0.447. The summed E-state index contributed by atoms with van der Waals surface area (Å²) in [6, 6.07) is 20.3. The van der Waals surface area contributed by atoms with Crippen molar-refractivity contribution in [2.75, 3.05) is 38.1 Å². The number of carbonyl (C=O) groups excluding carboxylic acids is 1. The first-order valence-electron chi connectivity index (χ1n) is 11.6. The SMILES string of the molecule is CN1CCN(c2ncccc2CNC(=O)c2cc3ccccc3n2Cc2ccccc2F)CC1. The topological polar surface area (TPSA) is 53.4 Å². The van der Waals surface area contributed by atoms with Crippen molar-refractivity contribution in [3.05, 3.63) is 95.6 Å². The summed E-state index contributed by atoms with van der Waals surface area (Å²) < 4.78 is 16.3. The second-order valence-electron chi connectivity index (χ2n) is 8.73. The van der Waals surface area contributed by atoms with Gasteiger partial charge in [0, 0.05) is 61.0 Å². The van der Waals surface area contributed by atoms with Gasteiger partial charge in [0.15, 0.2) is 0 Å². The molecule has 1 amide bonds. The molecule has 7 heteroatoms. The van der Waals surface area contributed by atoms with E-state index in [0.717, 1.165) is 48.5 Å². The third kappa shape index (κ3) is 4.52. The molecule has 6 nitrogen and oxygen atoms in total. The molecule has 0 bridgehead atoms. The lowest BCUT2D eigenvalue weighted by atomic mass is 10.2. The zero-order valence-corrected chi connectivity index (χ0v) is 19.2. The molecule has 34 heavy (non-hydrogen) atoms. The molecule has 0 unspecified atom stereocenters. The second-order valence-corrected chi connectivity index (χ2v) is 8.73. The molecule has 0 aliphatic carbocycles. The normalized spacial score (nSPS) is 14.5. The number of pyridine rings is 1. The van der Waals surface area contributed by atoms with Crippen LogP contribution in [-0.4, -0.2) is 53.6 Å². The van der Waals surface area contributed by atoms with Gasteiger partial charge in [0.1, 0.15) is 17.3 Å². The van der Waals surface area contributed by atoms with Crippen LogP contribution in [0.25, 0.3) is 10.9 Å². The number of hydrogen-bond donors (Lipinski definition) is 1. The lowest BCUT2D eigenvalue weighted by Gasteiger charge is -2.34. The van der Waals surface area contributed by atoms with Gasteiger partial charge >= 0.3 is 0 Å². The Labute approximate surface area is 198 Å². The van der Waals surface area contributed by atoms with E-state index in [1.807, 2.05) is 53.1 Å². The number of piperazine rings is 1. The van der Waals surface area contributed by atoms with Crippen molar-refractivity contribution >= 4 is 22.6 Å². The van der Waals surface area contributed by atoms with Crippen LogP contribution in [0.5, 0.6) is 0 Å². The fourth-order valence-electron chi connectivity index (χ4n) is 4.50. The van der Waals surface area contributed by atoms with Crippen LogP contribution in [0, 0.1) is 5.82 Å². The Bertz CT molecular complexity index is 1310. The van der Waals surface area contributed by atoms with E-state index in [4.69, 9.17) is 0 Å². The van der Waals surface area contributed by atoms with Crippen LogP contribution in [0.4, 0.5) is 10.2 Å². The molecule has 0 saturated carbocycles. The summed E-state index contributed by atoms with van der Waals surface area (Å²) in [6.45, 7) is 4.44. The molecule has 1 aliphatic heterocycles. The standard InChI is InChI=1S/C27H28FN5O/c1-31-13-15-32(16-14-31)26-21(9-6-12-29-26)18-30-27(34)25-17-20-7-3-5-11-24(20)33(25)19-22-8-2-4-10-23(22)28/h2-12,17H,13-16,18-19H2,1H3,(H,30,34). The van der Waals surface area contributed by atoms with Crippen LogP contribution in [0.15, 0.2) is 72.9 Å². The van der Waals surface area contributed by atoms with E-state index in [9.17, 15) is 9.18 Å². The lowest BCUT2D eigenvalue weighted by molar-refractivity contribution is 0.0942. The van der Waals surface area contributed by atoms with E-state index in [0.29, 0.717) is 17.8 Å². The lowest BCUT2D eigenvalue weighted by Crippen LogP contribution is -2.45. The fourth-order valence-corrected chi connectivity index (χ4v) is 4.50. The van der Waals surface area contributed by atoms with E-state index in [1.54, 1.807) is 18.3 Å². The highest BCUT2D eigenvalue weighted by Crippen LogP contribution is 2.23. The summed E-state index contributed by atoms with van der Waals surface area (Å²) in [6.07, 6.45) is 1.80. The Morgan fingerprint density at radius 1 is 0.971 bits per heavy atom. The van der Waals surface area contributed by atoms with Crippen LogP contribution < -0.4 is 10.2 Å². The van der Waals surface area contributed by atoms with Gasteiger partial charge in [-0.2, -0.15) is 0 Å². The van der Waals surface area contributed by atoms with Crippen LogP contribution >= 0.6 is 0 Å². The van der Waals surface area contributed by atoms with Gasteiger partial charge in [0.2, 0.25) is 0 Å². The van der Waals surface area contributed by atoms with Crippen molar-refractivity contribution in [3.63, 3.8) is 0 Å². The van der Waals surface area contributed by atoms with Gasteiger partial charge in [0.25, 0.3) is 5.91 Å². The Morgan fingerprint density at radius 3 is 2.53 bits per heavy atom. The predicted octanol–water partition coefficient (Wildman–Crippen LogP) is 3.91. The summed E-state index contributed by atoms with van der Waals surface area (Å²) in [4.78, 5) is 22.5. The first-order chi connectivity index (χ1) is 16.6. The molecule has 0 spiro atoms. The number of halogens is 1. The number of rotatable bonds is 6. The molecule has 2 aromatic heterocycles. The second kappa shape index (κ2) is 9.65. The van der Waals surface area contributed by atoms with E-state index in [2.05, 4.69) is 27.1 Å². The molecule has 3 heterocycles. The van der Waals surface area contributed by atoms with E-state index in [-0.39, 0.29) is 18.3 Å². The molecular weight excluding hydrogens is 429 g/mol. The molecule has 0 atom stereocenters. The average molecular weight is 458 g/mol. The molecule has 5 rings (SSSR count). The van der Waals surface area contributed by atoms with Crippen molar-refractivity contribution in [2.45, 2.75) is 13.1 Å². The predicted molar refractivity (Wildman–Crippen MR) is 133 cm³/mol. The maximum absolute atomic E-state index is 14.4. The van der Waals surface area contributed by atoms with Gasteiger partial charge in [-0.05, 0) is 31.3 Å². The molecule has 4 aromatic rings. The molecular formula is C27H28FN5O. The van der Waals surface area contributed by atoms with Gasteiger partial charge < -0.3 is 19.7 Å². The van der Waals surface area contributed by atoms with Gasteiger partial charge in [-0.3, -0.25) is 4.79 Å². The maximum Gasteiger partial charge on any atom is 0.268 e. The number of fused-ring (bicyclic) bond motifs is 1. The molecule has 0 radical (unpaired) electrons.